The second-order valence-electron chi connectivity index (χ2n) is 7.66. The molecule has 1 unspecified atom stereocenters. The van der Waals surface area contributed by atoms with Crippen LogP contribution in [0.2, 0.25) is 0 Å². The summed E-state index contributed by atoms with van der Waals surface area (Å²) >= 11 is 0. The van der Waals surface area contributed by atoms with Gasteiger partial charge in [-0.3, -0.25) is 9.59 Å². The van der Waals surface area contributed by atoms with Crippen molar-refractivity contribution in [2.45, 2.75) is 32.7 Å². The van der Waals surface area contributed by atoms with Crippen LogP contribution in [0.5, 0.6) is 11.5 Å². The Balaban J connectivity index is 1.61. The lowest BCUT2D eigenvalue weighted by Crippen LogP contribution is -2.24. The molecule has 2 heterocycles. The lowest BCUT2D eigenvalue weighted by molar-refractivity contribution is -0.123. The molecule has 2 aromatic carbocycles. The predicted octanol–water partition coefficient (Wildman–Crippen LogP) is 3.96. The largest absolute Gasteiger partial charge is 0.497 e. The van der Waals surface area contributed by atoms with Crippen LogP contribution in [0.25, 0.3) is 11.1 Å². The van der Waals surface area contributed by atoms with E-state index in [2.05, 4.69) is 15.7 Å². The Bertz CT molecular complexity index is 1170. The summed E-state index contributed by atoms with van der Waals surface area (Å²) in [7, 11) is 3.17. The van der Waals surface area contributed by atoms with Gasteiger partial charge in [0.2, 0.25) is 5.91 Å². The molecule has 2 amide bonds. The average molecular weight is 434 g/mol. The molecule has 0 saturated carbocycles. The van der Waals surface area contributed by atoms with Crippen molar-refractivity contribution in [2.75, 3.05) is 24.9 Å². The maximum absolute atomic E-state index is 12.8. The van der Waals surface area contributed by atoms with Crippen molar-refractivity contribution in [3.05, 3.63) is 53.7 Å². The molecule has 0 spiro atoms. The van der Waals surface area contributed by atoms with Gasteiger partial charge in [0.1, 0.15) is 23.4 Å². The van der Waals surface area contributed by atoms with E-state index in [1.54, 1.807) is 25.0 Å². The van der Waals surface area contributed by atoms with Crippen molar-refractivity contribution in [1.29, 1.82) is 0 Å². The molecule has 1 aliphatic heterocycles. The van der Waals surface area contributed by atoms with Gasteiger partial charge in [-0.05, 0) is 48.7 Å². The van der Waals surface area contributed by atoms with E-state index in [9.17, 15) is 9.59 Å². The summed E-state index contributed by atoms with van der Waals surface area (Å²) in [5.74, 6) is 1.39. The van der Waals surface area contributed by atoms with E-state index in [0.29, 0.717) is 23.7 Å². The number of nitrogens with one attached hydrogen (secondary N) is 2. The molecule has 3 aromatic rings. The Labute approximate surface area is 186 Å². The number of benzene rings is 2. The maximum Gasteiger partial charge on any atom is 0.251 e. The van der Waals surface area contributed by atoms with Crippen LogP contribution in [0.3, 0.4) is 0 Å². The number of aryl methyl sites for hydroxylation is 2. The molecule has 0 saturated heterocycles. The number of rotatable bonds is 7. The number of nitrogens with zero attached hydrogens (tertiary/aromatic N) is 2. The highest BCUT2D eigenvalue weighted by Gasteiger charge is 2.36. The third kappa shape index (κ3) is 3.91. The quantitative estimate of drug-likeness (QED) is 0.587. The van der Waals surface area contributed by atoms with Crippen molar-refractivity contribution >= 4 is 23.3 Å². The van der Waals surface area contributed by atoms with E-state index in [1.807, 2.05) is 50.2 Å². The number of methoxy groups -OCH3 is 2. The Morgan fingerprint density at radius 2 is 1.91 bits per heavy atom. The number of anilines is 2. The van der Waals surface area contributed by atoms with E-state index in [-0.39, 0.29) is 18.2 Å². The Morgan fingerprint density at radius 3 is 2.56 bits per heavy atom. The van der Waals surface area contributed by atoms with Gasteiger partial charge in [0, 0.05) is 5.56 Å². The molecule has 32 heavy (non-hydrogen) atoms. The first-order chi connectivity index (χ1) is 15.4. The second kappa shape index (κ2) is 8.74. The second-order valence-corrected chi connectivity index (χ2v) is 7.66. The molecule has 166 valence electrons. The number of hydrogen-bond acceptors (Lipinski definition) is 5. The summed E-state index contributed by atoms with van der Waals surface area (Å²) in [6, 6.07) is 12.4. The third-order valence-corrected chi connectivity index (χ3v) is 5.54. The minimum Gasteiger partial charge on any atom is -0.497 e. The molecule has 0 radical (unpaired) electrons. The minimum atomic E-state index is -0.724. The maximum atomic E-state index is 12.8. The zero-order valence-corrected chi connectivity index (χ0v) is 18.6. The summed E-state index contributed by atoms with van der Waals surface area (Å²) in [6.07, 6.45) is 0.652. The highest BCUT2D eigenvalue weighted by Crippen LogP contribution is 2.39. The first kappa shape index (κ1) is 21.4. The number of ether oxygens (including phenoxy) is 2. The van der Waals surface area contributed by atoms with E-state index >= 15 is 0 Å². The summed E-state index contributed by atoms with van der Waals surface area (Å²) < 4.78 is 12.2. The lowest BCUT2D eigenvalue weighted by atomic mass is 10.0. The van der Waals surface area contributed by atoms with Crippen LogP contribution < -0.4 is 20.1 Å². The highest BCUT2D eigenvalue weighted by atomic mass is 16.5. The molecule has 0 bridgehead atoms. The molecule has 2 N–H and O–H groups in total. The molecule has 0 aliphatic carbocycles. The molecule has 4 rings (SSSR count). The monoisotopic (exact) mass is 434 g/mol. The molecule has 0 fully saturated rings. The van der Waals surface area contributed by atoms with Gasteiger partial charge in [-0.25, -0.2) is 4.68 Å². The highest BCUT2D eigenvalue weighted by molar-refractivity contribution is 6.04. The van der Waals surface area contributed by atoms with Gasteiger partial charge in [0.15, 0.2) is 0 Å². The zero-order chi connectivity index (χ0) is 22.8. The first-order valence-electron chi connectivity index (χ1n) is 10.5. The van der Waals surface area contributed by atoms with Crippen LogP contribution in [0.15, 0.2) is 42.5 Å². The average Bonchev–Trinajstić information content (AvgIpc) is 3.29. The lowest BCUT2D eigenvalue weighted by Gasteiger charge is -2.13. The molecule has 1 aromatic heterocycles. The zero-order valence-electron chi connectivity index (χ0n) is 18.6. The molecule has 1 aliphatic rings. The van der Waals surface area contributed by atoms with E-state index < -0.39 is 6.04 Å². The van der Waals surface area contributed by atoms with E-state index in [1.165, 1.54) is 0 Å². The fourth-order valence-electron chi connectivity index (χ4n) is 3.92. The van der Waals surface area contributed by atoms with Crippen molar-refractivity contribution in [2.24, 2.45) is 0 Å². The Hall–Kier alpha value is -3.81. The number of carbonyl (C=O) groups is 2. The summed E-state index contributed by atoms with van der Waals surface area (Å²) in [6.45, 7) is 3.95. The van der Waals surface area contributed by atoms with Crippen LogP contribution in [0.4, 0.5) is 11.5 Å². The fraction of sp³-hybridized carbons (Fsp3) is 0.292. The van der Waals surface area contributed by atoms with Crippen LogP contribution >= 0.6 is 0 Å². The number of fused-ring (bicyclic) bond motifs is 1. The number of amides is 2. The number of aromatic nitrogens is 2. The first-order valence-corrected chi connectivity index (χ1v) is 10.5. The van der Waals surface area contributed by atoms with Crippen molar-refractivity contribution < 1.29 is 19.1 Å². The molecule has 8 heteroatoms. The smallest absolute Gasteiger partial charge is 0.251 e. The molecular formula is C24H26N4O4. The standard InChI is InChI=1S/C24H26N4O4/c1-5-17-22(15-7-9-16(31-3)10-8-15)23-26-24(30)19(28(23)27-17)13-21(29)25-18-12-14(2)6-11-20(18)32-4/h6-12,19H,5,13H2,1-4H3,(H,25,29)(H,26,30). The predicted molar refractivity (Wildman–Crippen MR) is 122 cm³/mol. The summed E-state index contributed by atoms with van der Waals surface area (Å²) in [5.41, 5.74) is 4.22. The summed E-state index contributed by atoms with van der Waals surface area (Å²) in [4.78, 5) is 25.5. The van der Waals surface area contributed by atoms with E-state index in [0.717, 1.165) is 28.1 Å². The Morgan fingerprint density at radius 1 is 1.16 bits per heavy atom. The number of carbonyl (C=O) groups excluding carboxylic acids is 2. The van der Waals surface area contributed by atoms with Gasteiger partial charge in [-0.2, -0.15) is 5.10 Å². The topological polar surface area (TPSA) is 94.5 Å². The fourth-order valence-corrected chi connectivity index (χ4v) is 3.92. The SMILES string of the molecule is CCc1nn2c(c1-c1ccc(OC)cc1)NC(=O)C2CC(=O)Nc1cc(C)ccc1OC. The third-order valence-electron chi connectivity index (χ3n) is 5.54. The van der Waals surface area contributed by atoms with Crippen LogP contribution in [-0.2, 0) is 16.0 Å². The number of hydrogen-bond donors (Lipinski definition) is 2. The minimum absolute atomic E-state index is 0.0389. The van der Waals surface area contributed by atoms with Crippen LogP contribution in [0, 0.1) is 6.92 Å². The summed E-state index contributed by atoms with van der Waals surface area (Å²) in [5, 5.41) is 10.5. The molecular weight excluding hydrogens is 408 g/mol. The van der Waals surface area contributed by atoms with Gasteiger partial charge in [-0.1, -0.05) is 25.1 Å². The van der Waals surface area contributed by atoms with E-state index in [4.69, 9.17) is 9.47 Å². The molecule has 8 nitrogen and oxygen atoms in total. The van der Waals surface area contributed by atoms with Gasteiger partial charge in [0.25, 0.3) is 5.91 Å². The van der Waals surface area contributed by atoms with Crippen molar-refractivity contribution in [3.8, 4) is 22.6 Å². The van der Waals surface area contributed by atoms with Crippen LogP contribution in [-0.4, -0.2) is 35.8 Å². The Kier molecular flexibility index (Phi) is 5.85. The normalized spacial score (nSPS) is 14.6. The molecule has 1 atom stereocenters. The van der Waals surface area contributed by atoms with Gasteiger partial charge in [0.05, 0.1) is 32.0 Å². The van der Waals surface area contributed by atoms with Gasteiger partial charge < -0.3 is 20.1 Å². The van der Waals surface area contributed by atoms with Crippen molar-refractivity contribution in [1.82, 2.24) is 9.78 Å². The van der Waals surface area contributed by atoms with Gasteiger partial charge in [-0.15, -0.1) is 0 Å². The van der Waals surface area contributed by atoms with Crippen molar-refractivity contribution in [3.63, 3.8) is 0 Å². The van der Waals surface area contributed by atoms with Crippen LogP contribution in [0.1, 0.15) is 30.6 Å². The van der Waals surface area contributed by atoms with Gasteiger partial charge >= 0.3 is 0 Å².